The molecule has 0 aliphatic heterocycles. The van der Waals surface area contributed by atoms with Gasteiger partial charge in [0.25, 0.3) is 0 Å². The molecule has 1 aromatic heterocycles. The molecule has 110 valence electrons. The van der Waals surface area contributed by atoms with Crippen molar-refractivity contribution >= 4 is 11.7 Å². The Bertz CT molecular complexity index is 589. The number of halogens is 1. The van der Waals surface area contributed by atoms with Crippen LogP contribution in [0.5, 0.6) is 0 Å². The smallest absolute Gasteiger partial charge is 0.321 e. The zero-order chi connectivity index (χ0) is 15.1. The van der Waals surface area contributed by atoms with E-state index in [2.05, 4.69) is 10.3 Å². The van der Waals surface area contributed by atoms with E-state index >= 15 is 0 Å². The average molecular weight is 287 g/mol. The monoisotopic (exact) mass is 287 g/mol. The zero-order valence-corrected chi connectivity index (χ0v) is 11.9. The van der Waals surface area contributed by atoms with Crippen LogP contribution in [0.2, 0.25) is 0 Å². The number of likely N-dealkylation sites (N-methyl/N-ethyl adjacent to an activating group) is 1. The molecule has 0 unspecified atom stereocenters. The molecule has 0 aliphatic carbocycles. The van der Waals surface area contributed by atoms with Crippen molar-refractivity contribution in [1.29, 1.82) is 0 Å². The second kappa shape index (κ2) is 7.38. The second-order valence-electron chi connectivity index (χ2n) is 4.63. The van der Waals surface area contributed by atoms with Crippen molar-refractivity contribution in [2.24, 2.45) is 0 Å². The Hall–Kier alpha value is -2.43. The van der Waals surface area contributed by atoms with Gasteiger partial charge in [0.2, 0.25) is 0 Å². The molecule has 2 amide bonds. The highest BCUT2D eigenvalue weighted by Gasteiger charge is 2.11. The molecule has 0 spiro atoms. The standard InChI is InChI=1S/C16H18FN3O/c1-2-20(11-8-13-6-9-18-10-7-13)16(21)19-15-5-3-4-14(17)12-15/h3-7,9-10,12H,2,8,11H2,1H3,(H,19,21). The fourth-order valence-electron chi connectivity index (χ4n) is 1.99. The summed E-state index contributed by atoms with van der Waals surface area (Å²) in [5.41, 5.74) is 1.59. The van der Waals surface area contributed by atoms with E-state index < -0.39 is 0 Å². The molecule has 21 heavy (non-hydrogen) atoms. The van der Waals surface area contributed by atoms with Crippen molar-refractivity contribution in [2.45, 2.75) is 13.3 Å². The van der Waals surface area contributed by atoms with Crippen LogP contribution in [0.25, 0.3) is 0 Å². The third-order valence-electron chi connectivity index (χ3n) is 3.16. The lowest BCUT2D eigenvalue weighted by atomic mass is 10.2. The molecule has 4 nitrogen and oxygen atoms in total. The number of carbonyl (C=O) groups is 1. The van der Waals surface area contributed by atoms with Gasteiger partial charge in [-0.05, 0) is 49.2 Å². The normalized spacial score (nSPS) is 10.2. The highest BCUT2D eigenvalue weighted by Crippen LogP contribution is 2.10. The first kappa shape index (κ1) is 15.0. The molecular formula is C16H18FN3O. The first-order chi connectivity index (χ1) is 10.2. The summed E-state index contributed by atoms with van der Waals surface area (Å²) in [6.45, 7) is 3.10. The molecule has 0 bridgehead atoms. The van der Waals surface area contributed by atoms with Crippen LogP contribution in [0.15, 0.2) is 48.8 Å². The fraction of sp³-hybridized carbons (Fsp3) is 0.250. The molecule has 0 saturated heterocycles. The third kappa shape index (κ3) is 4.56. The van der Waals surface area contributed by atoms with Crippen LogP contribution < -0.4 is 5.32 Å². The van der Waals surface area contributed by atoms with Crippen LogP contribution in [0, 0.1) is 5.82 Å². The predicted octanol–water partition coefficient (Wildman–Crippen LogP) is 3.32. The van der Waals surface area contributed by atoms with Gasteiger partial charge in [0.05, 0.1) is 0 Å². The minimum Gasteiger partial charge on any atom is -0.324 e. The molecule has 1 aromatic carbocycles. The van der Waals surface area contributed by atoms with Crippen molar-refractivity contribution in [3.05, 3.63) is 60.2 Å². The van der Waals surface area contributed by atoms with Crippen LogP contribution in [0.3, 0.4) is 0 Å². The second-order valence-corrected chi connectivity index (χ2v) is 4.63. The maximum Gasteiger partial charge on any atom is 0.321 e. The van der Waals surface area contributed by atoms with E-state index in [1.807, 2.05) is 19.1 Å². The molecule has 0 aliphatic rings. The van der Waals surface area contributed by atoms with Gasteiger partial charge in [-0.3, -0.25) is 4.98 Å². The van der Waals surface area contributed by atoms with Gasteiger partial charge in [-0.25, -0.2) is 9.18 Å². The minimum absolute atomic E-state index is 0.225. The lowest BCUT2D eigenvalue weighted by Crippen LogP contribution is -2.36. The molecule has 0 fully saturated rings. The van der Waals surface area contributed by atoms with E-state index in [0.29, 0.717) is 18.8 Å². The summed E-state index contributed by atoms with van der Waals surface area (Å²) in [6, 6.07) is 9.51. The quantitative estimate of drug-likeness (QED) is 0.917. The summed E-state index contributed by atoms with van der Waals surface area (Å²) in [5, 5.41) is 2.70. The SMILES string of the molecule is CCN(CCc1ccncc1)C(=O)Nc1cccc(F)c1. The molecular weight excluding hydrogens is 269 g/mol. The van der Waals surface area contributed by atoms with Crippen LogP contribution in [-0.2, 0) is 6.42 Å². The Morgan fingerprint density at radius 2 is 2.05 bits per heavy atom. The van der Waals surface area contributed by atoms with Gasteiger partial charge >= 0.3 is 6.03 Å². The number of pyridine rings is 1. The number of rotatable bonds is 5. The number of aromatic nitrogens is 1. The number of urea groups is 1. The maximum absolute atomic E-state index is 13.1. The van der Waals surface area contributed by atoms with E-state index in [9.17, 15) is 9.18 Å². The van der Waals surface area contributed by atoms with Crippen LogP contribution in [0.1, 0.15) is 12.5 Å². The summed E-state index contributed by atoms with van der Waals surface area (Å²) in [7, 11) is 0. The molecule has 1 heterocycles. The van der Waals surface area contributed by atoms with Crippen molar-refractivity contribution in [1.82, 2.24) is 9.88 Å². The van der Waals surface area contributed by atoms with Gasteiger partial charge < -0.3 is 10.2 Å². The molecule has 1 N–H and O–H groups in total. The predicted molar refractivity (Wildman–Crippen MR) is 80.6 cm³/mol. The number of hydrogen-bond acceptors (Lipinski definition) is 2. The van der Waals surface area contributed by atoms with Gasteiger partial charge in [0.15, 0.2) is 0 Å². The molecule has 0 radical (unpaired) electrons. The van der Waals surface area contributed by atoms with Crippen molar-refractivity contribution < 1.29 is 9.18 Å². The van der Waals surface area contributed by atoms with E-state index in [1.54, 1.807) is 29.4 Å². The number of benzene rings is 1. The highest BCUT2D eigenvalue weighted by molar-refractivity contribution is 5.89. The number of nitrogens with one attached hydrogen (secondary N) is 1. The largest absolute Gasteiger partial charge is 0.324 e. The molecule has 0 atom stereocenters. The Labute approximate surface area is 123 Å². The summed E-state index contributed by atoms with van der Waals surface area (Å²) in [5.74, 6) is -0.368. The molecule has 2 aromatic rings. The van der Waals surface area contributed by atoms with Crippen LogP contribution in [-0.4, -0.2) is 29.0 Å². The number of anilines is 1. The Morgan fingerprint density at radius 1 is 1.29 bits per heavy atom. The molecule has 2 rings (SSSR count). The van der Waals surface area contributed by atoms with E-state index in [-0.39, 0.29) is 11.8 Å². The Balaban J connectivity index is 1.92. The van der Waals surface area contributed by atoms with Crippen molar-refractivity contribution in [3.8, 4) is 0 Å². The summed E-state index contributed by atoms with van der Waals surface area (Å²) in [4.78, 5) is 17.8. The van der Waals surface area contributed by atoms with Crippen LogP contribution >= 0.6 is 0 Å². The number of nitrogens with zero attached hydrogens (tertiary/aromatic N) is 2. The van der Waals surface area contributed by atoms with Gasteiger partial charge in [-0.1, -0.05) is 6.07 Å². The maximum atomic E-state index is 13.1. The summed E-state index contributed by atoms with van der Waals surface area (Å²) in [6.07, 6.45) is 4.23. The highest BCUT2D eigenvalue weighted by atomic mass is 19.1. The Kier molecular flexibility index (Phi) is 5.26. The van der Waals surface area contributed by atoms with Gasteiger partial charge in [0.1, 0.15) is 5.82 Å². The van der Waals surface area contributed by atoms with E-state index in [0.717, 1.165) is 12.0 Å². The number of amides is 2. The lowest BCUT2D eigenvalue weighted by Gasteiger charge is -2.21. The van der Waals surface area contributed by atoms with Gasteiger partial charge in [0, 0.05) is 31.2 Å². The topological polar surface area (TPSA) is 45.2 Å². The third-order valence-corrected chi connectivity index (χ3v) is 3.16. The van der Waals surface area contributed by atoms with E-state index in [4.69, 9.17) is 0 Å². The van der Waals surface area contributed by atoms with Gasteiger partial charge in [-0.15, -0.1) is 0 Å². The molecule has 0 saturated carbocycles. The lowest BCUT2D eigenvalue weighted by molar-refractivity contribution is 0.215. The molecule has 5 heteroatoms. The van der Waals surface area contributed by atoms with Crippen molar-refractivity contribution in [2.75, 3.05) is 18.4 Å². The van der Waals surface area contributed by atoms with E-state index in [1.165, 1.54) is 12.1 Å². The fourth-order valence-corrected chi connectivity index (χ4v) is 1.99. The zero-order valence-electron chi connectivity index (χ0n) is 11.9. The van der Waals surface area contributed by atoms with Crippen molar-refractivity contribution in [3.63, 3.8) is 0 Å². The van der Waals surface area contributed by atoms with Gasteiger partial charge in [-0.2, -0.15) is 0 Å². The summed E-state index contributed by atoms with van der Waals surface area (Å²) < 4.78 is 13.1. The first-order valence-electron chi connectivity index (χ1n) is 6.89. The average Bonchev–Trinajstić information content (AvgIpc) is 2.49. The number of hydrogen-bond donors (Lipinski definition) is 1. The summed E-state index contributed by atoms with van der Waals surface area (Å²) >= 11 is 0. The van der Waals surface area contributed by atoms with Crippen LogP contribution in [0.4, 0.5) is 14.9 Å². The Morgan fingerprint density at radius 3 is 2.71 bits per heavy atom. The first-order valence-corrected chi connectivity index (χ1v) is 6.89. The number of carbonyl (C=O) groups excluding carboxylic acids is 1. The minimum atomic E-state index is -0.368.